The number of hydrogen-bond acceptors (Lipinski definition) is 2. The van der Waals surface area contributed by atoms with Crippen LogP contribution in [0.3, 0.4) is 0 Å². The van der Waals surface area contributed by atoms with E-state index in [4.69, 9.17) is 23.2 Å². The van der Waals surface area contributed by atoms with Crippen LogP contribution in [0.5, 0.6) is 0 Å². The second kappa shape index (κ2) is 7.49. The second-order valence-electron chi connectivity index (χ2n) is 4.99. The summed E-state index contributed by atoms with van der Waals surface area (Å²) in [6.45, 7) is 1.26. The normalized spacial score (nSPS) is 10.3. The van der Waals surface area contributed by atoms with Gasteiger partial charge >= 0.3 is 0 Å². The number of hydrogen-bond donors (Lipinski definition) is 0. The summed E-state index contributed by atoms with van der Waals surface area (Å²) < 4.78 is 0. The maximum Gasteiger partial charge on any atom is 0.246 e. The molecule has 23 heavy (non-hydrogen) atoms. The molecule has 4 nitrogen and oxygen atoms in total. The summed E-state index contributed by atoms with van der Waals surface area (Å²) in [6, 6.07) is 14.0. The van der Waals surface area contributed by atoms with Crippen molar-refractivity contribution >= 4 is 46.4 Å². The fraction of sp³-hybridized carbons (Fsp3) is 0.176. The quantitative estimate of drug-likeness (QED) is 0.835. The number of para-hydroxylation sites is 1. The zero-order valence-corrected chi connectivity index (χ0v) is 14.3. The standard InChI is InChI=1S/C17H16Cl2N2O2/c1-12(22)21(16-10-13(18)8-9-15(16)19)11-17(23)20(2)14-6-4-3-5-7-14/h3-10H,11H2,1-2H3. The molecule has 0 heterocycles. The van der Waals surface area contributed by atoms with Crippen LogP contribution in [0.4, 0.5) is 11.4 Å². The lowest BCUT2D eigenvalue weighted by Crippen LogP contribution is -2.41. The first-order chi connectivity index (χ1) is 10.9. The zero-order valence-electron chi connectivity index (χ0n) is 12.8. The summed E-state index contributed by atoms with van der Waals surface area (Å²) in [5, 5.41) is 0.805. The van der Waals surface area contributed by atoms with Gasteiger partial charge in [0, 0.05) is 24.7 Å². The Kier molecular flexibility index (Phi) is 5.64. The van der Waals surface area contributed by atoms with E-state index in [0.29, 0.717) is 15.7 Å². The molecule has 2 aromatic carbocycles. The predicted octanol–water partition coefficient (Wildman–Crippen LogP) is 4.01. The van der Waals surface area contributed by atoms with E-state index < -0.39 is 0 Å². The van der Waals surface area contributed by atoms with Gasteiger partial charge in [-0.3, -0.25) is 9.59 Å². The Hall–Kier alpha value is -2.04. The molecule has 0 radical (unpaired) electrons. The van der Waals surface area contributed by atoms with Crippen molar-refractivity contribution in [3.05, 3.63) is 58.6 Å². The third-order valence-electron chi connectivity index (χ3n) is 3.39. The maximum atomic E-state index is 12.5. The van der Waals surface area contributed by atoms with Crippen molar-refractivity contribution in [2.45, 2.75) is 6.92 Å². The Labute approximate surface area is 145 Å². The largest absolute Gasteiger partial charge is 0.314 e. The maximum absolute atomic E-state index is 12.5. The topological polar surface area (TPSA) is 40.6 Å². The second-order valence-corrected chi connectivity index (χ2v) is 5.83. The fourth-order valence-corrected chi connectivity index (χ4v) is 2.48. The van der Waals surface area contributed by atoms with Gasteiger partial charge in [0.25, 0.3) is 0 Å². The van der Waals surface area contributed by atoms with Gasteiger partial charge in [0.1, 0.15) is 6.54 Å². The van der Waals surface area contributed by atoms with Crippen LogP contribution in [0, 0.1) is 0 Å². The molecule has 2 rings (SSSR count). The van der Waals surface area contributed by atoms with Gasteiger partial charge in [0.2, 0.25) is 11.8 Å². The van der Waals surface area contributed by atoms with Gasteiger partial charge in [-0.05, 0) is 30.3 Å². The van der Waals surface area contributed by atoms with E-state index in [1.807, 2.05) is 30.3 Å². The highest BCUT2D eigenvalue weighted by atomic mass is 35.5. The molecule has 0 aromatic heterocycles. The zero-order chi connectivity index (χ0) is 17.0. The van der Waals surface area contributed by atoms with Gasteiger partial charge in [0.05, 0.1) is 10.7 Å². The Morgan fingerprint density at radius 3 is 2.30 bits per heavy atom. The van der Waals surface area contributed by atoms with Crippen molar-refractivity contribution < 1.29 is 9.59 Å². The third-order valence-corrected chi connectivity index (χ3v) is 3.94. The number of anilines is 2. The minimum Gasteiger partial charge on any atom is -0.314 e. The van der Waals surface area contributed by atoms with Crippen LogP contribution in [0.1, 0.15) is 6.92 Å². The van der Waals surface area contributed by atoms with Crippen LogP contribution in [0.2, 0.25) is 10.0 Å². The number of likely N-dealkylation sites (N-methyl/N-ethyl adjacent to an activating group) is 1. The van der Waals surface area contributed by atoms with Gasteiger partial charge in [-0.1, -0.05) is 41.4 Å². The molecule has 0 N–H and O–H groups in total. The van der Waals surface area contributed by atoms with Crippen LogP contribution >= 0.6 is 23.2 Å². The smallest absolute Gasteiger partial charge is 0.246 e. The summed E-state index contributed by atoms with van der Waals surface area (Å²) in [6.07, 6.45) is 0. The number of carbonyl (C=O) groups excluding carboxylic acids is 2. The van der Waals surface area contributed by atoms with Crippen molar-refractivity contribution in [3.8, 4) is 0 Å². The van der Waals surface area contributed by atoms with Crippen LogP contribution in [-0.4, -0.2) is 25.4 Å². The van der Waals surface area contributed by atoms with Gasteiger partial charge in [-0.15, -0.1) is 0 Å². The average Bonchev–Trinajstić information content (AvgIpc) is 2.54. The first-order valence-corrected chi connectivity index (χ1v) is 7.70. The van der Waals surface area contributed by atoms with Crippen molar-refractivity contribution in [2.75, 3.05) is 23.4 Å². The van der Waals surface area contributed by atoms with E-state index in [1.165, 1.54) is 16.7 Å². The van der Waals surface area contributed by atoms with E-state index in [2.05, 4.69) is 0 Å². The van der Waals surface area contributed by atoms with Crippen molar-refractivity contribution in [3.63, 3.8) is 0 Å². The monoisotopic (exact) mass is 350 g/mol. The van der Waals surface area contributed by atoms with E-state index in [9.17, 15) is 9.59 Å². The van der Waals surface area contributed by atoms with E-state index in [1.54, 1.807) is 25.2 Å². The molecule has 0 unspecified atom stereocenters. The molecular formula is C17H16Cl2N2O2. The van der Waals surface area contributed by atoms with Crippen molar-refractivity contribution in [1.82, 2.24) is 0 Å². The summed E-state index contributed by atoms with van der Waals surface area (Å²) in [7, 11) is 1.66. The number of amides is 2. The van der Waals surface area contributed by atoms with Gasteiger partial charge in [-0.25, -0.2) is 0 Å². The third kappa shape index (κ3) is 4.24. The van der Waals surface area contributed by atoms with Gasteiger partial charge in [0.15, 0.2) is 0 Å². The number of halogens is 2. The highest BCUT2D eigenvalue weighted by Crippen LogP contribution is 2.29. The van der Waals surface area contributed by atoms with Crippen LogP contribution < -0.4 is 9.80 Å². The molecule has 120 valence electrons. The molecule has 6 heteroatoms. The molecule has 2 aromatic rings. The van der Waals surface area contributed by atoms with Crippen LogP contribution in [0.15, 0.2) is 48.5 Å². The van der Waals surface area contributed by atoms with Crippen molar-refractivity contribution in [2.24, 2.45) is 0 Å². The molecule has 0 saturated carbocycles. The summed E-state index contributed by atoms with van der Waals surface area (Å²) in [5.41, 5.74) is 1.17. The van der Waals surface area contributed by atoms with Gasteiger partial charge < -0.3 is 9.80 Å². The summed E-state index contributed by atoms with van der Waals surface area (Å²) >= 11 is 12.1. The number of rotatable bonds is 4. The Morgan fingerprint density at radius 2 is 1.70 bits per heavy atom. The lowest BCUT2D eigenvalue weighted by atomic mass is 10.2. The highest BCUT2D eigenvalue weighted by Gasteiger charge is 2.21. The average molecular weight is 351 g/mol. The number of benzene rings is 2. The Balaban J connectivity index is 2.25. The minimum atomic E-state index is -0.288. The molecule has 0 spiro atoms. The Morgan fingerprint density at radius 1 is 1.04 bits per heavy atom. The molecule has 0 saturated heterocycles. The van der Waals surface area contributed by atoms with Gasteiger partial charge in [-0.2, -0.15) is 0 Å². The van der Waals surface area contributed by atoms with E-state index in [-0.39, 0.29) is 18.4 Å². The van der Waals surface area contributed by atoms with Crippen LogP contribution in [-0.2, 0) is 9.59 Å². The van der Waals surface area contributed by atoms with Crippen molar-refractivity contribution in [1.29, 1.82) is 0 Å². The summed E-state index contributed by atoms with van der Waals surface area (Å²) in [4.78, 5) is 27.2. The van der Waals surface area contributed by atoms with E-state index in [0.717, 1.165) is 5.69 Å². The molecule has 0 fully saturated rings. The summed E-state index contributed by atoms with van der Waals surface area (Å²) in [5.74, 6) is -0.522. The first-order valence-electron chi connectivity index (χ1n) is 6.95. The molecule has 0 aliphatic carbocycles. The molecule has 2 amide bonds. The molecule has 0 aliphatic heterocycles. The number of nitrogens with zero attached hydrogens (tertiary/aromatic N) is 2. The molecular weight excluding hydrogens is 335 g/mol. The highest BCUT2D eigenvalue weighted by molar-refractivity contribution is 6.36. The molecule has 0 aliphatic rings. The minimum absolute atomic E-state index is 0.124. The molecule has 0 bridgehead atoms. The molecule has 0 atom stereocenters. The van der Waals surface area contributed by atoms with E-state index >= 15 is 0 Å². The lowest BCUT2D eigenvalue weighted by Gasteiger charge is -2.25. The van der Waals surface area contributed by atoms with Crippen LogP contribution in [0.25, 0.3) is 0 Å². The first kappa shape index (κ1) is 17.3. The SMILES string of the molecule is CC(=O)N(CC(=O)N(C)c1ccccc1)c1cc(Cl)ccc1Cl. The number of carbonyl (C=O) groups is 2. The Bertz CT molecular complexity index is 720. The fourth-order valence-electron chi connectivity index (χ4n) is 2.10. The lowest BCUT2D eigenvalue weighted by molar-refractivity contribution is -0.121. The predicted molar refractivity (Wildman–Crippen MR) is 94.3 cm³/mol.